The van der Waals surface area contributed by atoms with E-state index in [0.29, 0.717) is 12.5 Å². The van der Waals surface area contributed by atoms with Gasteiger partial charge in [0.15, 0.2) is 0 Å². The lowest BCUT2D eigenvalue weighted by atomic mass is 9.75. The van der Waals surface area contributed by atoms with Gasteiger partial charge in [0.2, 0.25) is 0 Å². The van der Waals surface area contributed by atoms with Crippen molar-refractivity contribution in [1.82, 2.24) is 5.32 Å². The number of hydrogen-bond acceptors (Lipinski definition) is 2. The first-order valence-electron chi connectivity index (χ1n) is 6.21. The van der Waals surface area contributed by atoms with E-state index in [0.717, 1.165) is 18.9 Å². The van der Waals surface area contributed by atoms with Crippen LogP contribution < -0.4 is 5.32 Å². The minimum absolute atomic E-state index is 0.148. The molecule has 0 aromatic heterocycles. The molecule has 3 nitrogen and oxygen atoms in total. The van der Waals surface area contributed by atoms with Gasteiger partial charge in [0.25, 0.3) is 0 Å². The van der Waals surface area contributed by atoms with Crippen LogP contribution in [0.25, 0.3) is 0 Å². The Balaban J connectivity index is 1.88. The summed E-state index contributed by atoms with van der Waals surface area (Å²) in [6.07, 6.45) is 7.60. The van der Waals surface area contributed by atoms with Crippen LogP contribution in [0.15, 0.2) is 0 Å². The molecular weight excluding hydrogens is 190 g/mol. The lowest BCUT2D eigenvalue weighted by Gasteiger charge is -2.35. The van der Waals surface area contributed by atoms with Gasteiger partial charge in [-0.15, -0.1) is 0 Å². The predicted molar refractivity (Wildman–Crippen MR) is 58.7 cm³/mol. The molecule has 1 aliphatic heterocycles. The van der Waals surface area contributed by atoms with Crippen molar-refractivity contribution < 1.29 is 9.90 Å². The number of nitrogens with one attached hydrogen (secondary N) is 1. The van der Waals surface area contributed by atoms with E-state index in [4.69, 9.17) is 5.11 Å². The van der Waals surface area contributed by atoms with Crippen molar-refractivity contribution in [3.63, 3.8) is 0 Å². The Morgan fingerprint density at radius 3 is 2.47 bits per heavy atom. The fourth-order valence-corrected chi connectivity index (χ4v) is 3.13. The average molecular weight is 211 g/mol. The first-order valence-corrected chi connectivity index (χ1v) is 6.21. The van der Waals surface area contributed by atoms with Crippen LogP contribution in [0, 0.1) is 17.8 Å². The number of carbonyl (C=O) groups is 1. The van der Waals surface area contributed by atoms with Gasteiger partial charge in [-0.05, 0) is 24.8 Å². The SMILES string of the molecule is O=C(O)C1CNCC(C2CCCCC2)C1. The number of rotatable bonds is 2. The third-order valence-corrected chi connectivity index (χ3v) is 4.05. The molecule has 2 N–H and O–H groups in total. The van der Waals surface area contributed by atoms with Gasteiger partial charge in [-0.1, -0.05) is 32.1 Å². The first-order chi connectivity index (χ1) is 7.27. The summed E-state index contributed by atoms with van der Waals surface area (Å²) < 4.78 is 0. The van der Waals surface area contributed by atoms with Crippen LogP contribution in [0.3, 0.4) is 0 Å². The number of carboxylic acids is 1. The lowest BCUT2D eigenvalue weighted by molar-refractivity contribution is -0.143. The summed E-state index contributed by atoms with van der Waals surface area (Å²) in [7, 11) is 0. The zero-order chi connectivity index (χ0) is 10.7. The van der Waals surface area contributed by atoms with E-state index in [2.05, 4.69) is 5.32 Å². The third kappa shape index (κ3) is 2.71. The highest BCUT2D eigenvalue weighted by Crippen LogP contribution is 2.34. The van der Waals surface area contributed by atoms with E-state index in [1.165, 1.54) is 32.1 Å². The summed E-state index contributed by atoms with van der Waals surface area (Å²) in [5.41, 5.74) is 0. The van der Waals surface area contributed by atoms with Crippen LogP contribution in [0.5, 0.6) is 0 Å². The van der Waals surface area contributed by atoms with Crippen molar-refractivity contribution in [1.29, 1.82) is 0 Å². The molecule has 0 aromatic rings. The lowest BCUT2D eigenvalue weighted by Crippen LogP contribution is -2.42. The minimum Gasteiger partial charge on any atom is -0.481 e. The molecule has 2 unspecified atom stereocenters. The zero-order valence-corrected chi connectivity index (χ0v) is 9.24. The molecule has 0 spiro atoms. The highest BCUT2D eigenvalue weighted by atomic mass is 16.4. The smallest absolute Gasteiger partial charge is 0.307 e. The first kappa shape index (κ1) is 10.9. The second-order valence-electron chi connectivity index (χ2n) is 5.09. The molecular formula is C12H21NO2. The molecule has 1 aliphatic carbocycles. The summed E-state index contributed by atoms with van der Waals surface area (Å²) >= 11 is 0. The molecule has 86 valence electrons. The topological polar surface area (TPSA) is 49.3 Å². The second-order valence-corrected chi connectivity index (χ2v) is 5.09. The van der Waals surface area contributed by atoms with Crippen LogP contribution >= 0.6 is 0 Å². The zero-order valence-electron chi connectivity index (χ0n) is 9.24. The predicted octanol–water partition coefficient (Wildman–Crippen LogP) is 1.88. The van der Waals surface area contributed by atoms with Gasteiger partial charge in [0.05, 0.1) is 5.92 Å². The van der Waals surface area contributed by atoms with Crippen molar-refractivity contribution in [2.24, 2.45) is 17.8 Å². The van der Waals surface area contributed by atoms with Crippen LogP contribution in [-0.2, 0) is 4.79 Å². The maximum Gasteiger partial charge on any atom is 0.307 e. The fraction of sp³-hybridized carbons (Fsp3) is 0.917. The number of carboxylic acid groups (broad SMARTS) is 1. The molecule has 2 atom stereocenters. The maximum absolute atomic E-state index is 10.9. The Kier molecular flexibility index (Phi) is 3.62. The summed E-state index contributed by atoms with van der Waals surface area (Å²) in [4.78, 5) is 10.9. The van der Waals surface area contributed by atoms with Crippen molar-refractivity contribution in [3.8, 4) is 0 Å². The Hall–Kier alpha value is -0.570. The molecule has 0 aromatic carbocycles. The Morgan fingerprint density at radius 2 is 1.80 bits per heavy atom. The van der Waals surface area contributed by atoms with Gasteiger partial charge in [-0.2, -0.15) is 0 Å². The standard InChI is InChI=1S/C12H21NO2/c14-12(15)11-6-10(7-13-8-11)9-4-2-1-3-5-9/h9-11,13H,1-8H2,(H,14,15). The van der Waals surface area contributed by atoms with Crippen molar-refractivity contribution >= 4 is 5.97 Å². The van der Waals surface area contributed by atoms with Crippen LogP contribution in [0.1, 0.15) is 38.5 Å². The Labute approximate surface area is 91.2 Å². The molecule has 3 heteroatoms. The van der Waals surface area contributed by atoms with Crippen molar-refractivity contribution in [3.05, 3.63) is 0 Å². The van der Waals surface area contributed by atoms with Gasteiger partial charge in [0.1, 0.15) is 0 Å². The van der Waals surface area contributed by atoms with Crippen LogP contribution in [-0.4, -0.2) is 24.2 Å². The molecule has 0 bridgehead atoms. The van der Waals surface area contributed by atoms with Crippen molar-refractivity contribution in [2.75, 3.05) is 13.1 Å². The minimum atomic E-state index is -0.622. The third-order valence-electron chi connectivity index (χ3n) is 4.05. The number of aliphatic carboxylic acids is 1. The van der Waals surface area contributed by atoms with Crippen molar-refractivity contribution in [2.45, 2.75) is 38.5 Å². The molecule has 0 radical (unpaired) electrons. The molecule has 0 amide bonds. The van der Waals surface area contributed by atoms with Gasteiger partial charge < -0.3 is 10.4 Å². The van der Waals surface area contributed by atoms with E-state index in [1.807, 2.05) is 0 Å². The monoisotopic (exact) mass is 211 g/mol. The molecule has 2 aliphatic rings. The van der Waals surface area contributed by atoms with Gasteiger partial charge in [0, 0.05) is 6.54 Å². The van der Waals surface area contributed by atoms with Gasteiger partial charge in [-0.25, -0.2) is 0 Å². The summed E-state index contributed by atoms with van der Waals surface area (Å²) in [5, 5.41) is 12.3. The summed E-state index contributed by atoms with van der Waals surface area (Å²) in [5.74, 6) is 0.627. The Morgan fingerprint density at radius 1 is 1.07 bits per heavy atom. The van der Waals surface area contributed by atoms with E-state index in [-0.39, 0.29) is 5.92 Å². The quantitative estimate of drug-likeness (QED) is 0.733. The van der Waals surface area contributed by atoms with E-state index in [9.17, 15) is 4.79 Å². The van der Waals surface area contributed by atoms with Crippen LogP contribution in [0.2, 0.25) is 0 Å². The van der Waals surface area contributed by atoms with E-state index >= 15 is 0 Å². The van der Waals surface area contributed by atoms with Gasteiger partial charge >= 0.3 is 5.97 Å². The molecule has 1 saturated carbocycles. The highest BCUT2D eigenvalue weighted by molar-refractivity contribution is 5.70. The molecule has 2 fully saturated rings. The van der Waals surface area contributed by atoms with Gasteiger partial charge in [-0.3, -0.25) is 4.79 Å². The molecule has 15 heavy (non-hydrogen) atoms. The largest absolute Gasteiger partial charge is 0.481 e. The molecule has 1 heterocycles. The summed E-state index contributed by atoms with van der Waals surface area (Å²) in [6.45, 7) is 1.70. The number of piperidine rings is 1. The highest BCUT2D eigenvalue weighted by Gasteiger charge is 2.31. The van der Waals surface area contributed by atoms with E-state index in [1.54, 1.807) is 0 Å². The Bertz CT molecular complexity index is 224. The molecule has 2 rings (SSSR count). The fourth-order valence-electron chi connectivity index (χ4n) is 3.13. The second kappa shape index (κ2) is 4.97. The van der Waals surface area contributed by atoms with E-state index < -0.39 is 5.97 Å². The maximum atomic E-state index is 10.9. The average Bonchev–Trinajstić information content (AvgIpc) is 2.30. The molecule has 1 saturated heterocycles. The number of hydrogen-bond donors (Lipinski definition) is 2. The summed E-state index contributed by atoms with van der Waals surface area (Å²) in [6, 6.07) is 0. The normalized spacial score (nSPS) is 33.9. The van der Waals surface area contributed by atoms with Crippen LogP contribution in [0.4, 0.5) is 0 Å².